The summed E-state index contributed by atoms with van der Waals surface area (Å²) in [6.07, 6.45) is 0.343. The highest BCUT2D eigenvalue weighted by atomic mass is 127. The Hall–Kier alpha value is 0.200. The third-order valence-corrected chi connectivity index (χ3v) is 3.69. The number of hydrogen-bond acceptors (Lipinski definition) is 1. The van der Waals surface area contributed by atoms with Gasteiger partial charge >= 0.3 is 0 Å². The van der Waals surface area contributed by atoms with Crippen LogP contribution in [0.1, 0.15) is 12.5 Å². The van der Waals surface area contributed by atoms with Crippen molar-refractivity contribution >= 4 is 51.6 Å². The zero-order valence-corrected chi connectivity index (χ0v) is 10.6. The maximum atomic E-state index is 10.9. The SMILES string of the molecule is CC(=O)Cc1ccc(I)c(Cl)c1Cl. The van der Waals surface area contributed by atoms with Gasteiger partial charge in [-0.05, 0) is 41.1 Å². The molecule has 0 aliphatic carbocycles. The molecular weight excluding hydrogens is 322 g/mol. The number of Topliss-reactive ketones (excluding diaryl/α,β-unsaturated/α-hetero) is 1. The van der Waals surface area contributed by atoms with E-state index in [1.807, 2.05) is 12.1 Å². The molecule has 70 valence electrons. The van der Waals surface area contributed by atoms with E-state index in [1.54, 1.807) is 0 Å². The topological polar surface area (TPSA) is 17.1 Å². The molecule has 1 aromatic carbocycles. The van der Waals surface area contributed by atoms with Crippen molar-refractivity contribution in [2.24, 2.45) is 0 Å². The van der Waals surface area contributed by atoms with Gasteiger partial charge in [-0.2, -0.15) is 0 Å². The molecule has 0 heterocycles. The minimum atomic E-state index is 0.0826. The third kappa shape index (κ3) is 2.82. The fourth-order valence-corrected chi connectivity index (χ4v) is 2.00. The quantitative estimate of drug-likeness (QED) is 0.597. The molecule has 0 saturated heterocycles. The van der Waals surface area contributed by atoms with E-state index < -0.39 is 0 Å². The molecule has 1 aromatic rings. The number of halogens is 3. The minimum absolute atomic E-state index is 0.0826. The number of rotatable bonds is 2. The third-order valence-electron chi connectivity index (χ3n) is 1.55. The van der Waals surface area contributed by atoms with Crippen molar-refractivity contribution in [3.8, 4) is 0 Å². The van der Waals surface area contributed by atoms with Crippen molar-refractivity contribution in [2.45, 2.75) is 13.3 Å². The lowest BCUT2D eigenvalue weighted by Crippen LogP contribution is -1.97. The molecular formula is C9H7Cl2IO. The van der Waals surface area contributed by atoms with Gasteiger partial charge < -0.3 is 0 Å². The molecule has 0 bridgehead atoms. The Bertz CT molecular complexity index is 350. The first kappa shape index (κ1) is 11.3. The van der Waals surface area contributed by atoms with Crippen molar-refractivity contribution in [3.05, 3.63) is 31.3 Å². The molecule has 0 atom stereocenters. The summed E-state index contributed by atoms with van der Waals surface area (Å²) in [6.45, 7) is 1.53. The zero-order valence-electron chi connectivity index (χ0n) is 6.90. The lowest BCUT2D eigenvalue weighted by atomic mass is 10.1. The first-order valence-corrected chi connectivity index (χ1v) is 5.47. The molecule has 0 unspecified atom stereocenters. The van der Waals surface area contributed by atoms with Gasteiger partial charge in [-0.15, -0.1) is 0 Å². The Labute approximate surface area is 101 Å². The van der Waals surface area contributed by atoms with E-state index in [0.29, 0.717) is 16.5 Å². The van der Waals surface area contributed by atoms with Crippen LogP contribution < -0.4 is 0 Å². The second kappa shape index (κ2) is 4.62. The first-order valence-electron chi connectivity index (χ1n) is 3.64. The smallest absolute Gasteiger partial charge is 0.134 e. The van der Waals surface area contributed by atoms with Crippen LogP contribution >= 0.6 is 45.8 Å². The van der Waals surface area contributed by atoms with E-state index in [-0.39, 0.29) is 5.78 Å². The number of ketones is 1. The predicted molar refractivity (Wildman–Crippen MR) is 63.6 cm³/mol. The van der Waals surface area contributed by atoms with Gasteiger partial charge in [0.25, 0.3) is 0 Å². The van der Waals surface area contributed by atoms with Crippen LogP contribution in [-0.4, -0.2) is 5.78 Å². The van der Waals surface area contributed by atoms with Crippen molar-refractivity contribution in [1.29, 1.82) is 0 Å². The monoisotopic (exact) mass is 328 g/mol. The molecule has 0 saturated carbocycles. The van der Waals surface area contributed by atoms with Crippen LogP contribution in [0.25, 0.3) is 0 Å². The lowest BCUT2D eigenvalue weighted by molar-refractivity contribution is -0.116. The van der Waals surface area contributed by atoms with Crippen molar-refractivity contribution < 1.29 is 4.79 Å². The highest BCUT2D eigenvalue weighted by Gasteiger charge is 2.09. The second-order valence-electron chi connectivity index (χ2n) is 2.71. The van der Waals surface area contributed by atoms with Crippen LogP contribution in [-0.2, 0) is 11.2 Å². The Morgan fingerprint density at radius 2 is 2.00 bits per heavy atom. The van der Waals surface area contributed by atoms with Crippen LogP contribution in [0.4, 0.5) is 0 Å². The molecule has 13 heavy (non-hydrogen) atoms. The van der Waals surface area contributed by atoms with Gasteiger partial charge in [0.2, 0.25) is 0 Å². The van der Waals surface area contributed by atoms with Crippen LogP contribution in [0, 0.1) is 3.57 Å². The Kier molecular flexibility index (Phi) is 4.01. The fraction of sp³-hybridized carbons (Fsp3) is 0.222. The Balaban J connectivity index is 3.10. The van der Waals surface area contributed by atoms with Crippen LogP contribution in [0.5, 0.6) is 0 Å². The van der Waals surface area contributed by atoms with Gasteiger partial charge in [-0.3, -0.25) is 4.79 Å². The minimum Gasteiger partial charge on any atom is -0.300 e. The lowest BCUT2D eigenvalue weighted by Gasteiger charge is -2.04. The summed E-state index contributed by atoms with van der Waals surface area (Å²) < 4.78 is 0.900. The maximum Gasteiger partial charge on any atom is 0.134 e. The van der Waals surface area contributed by atoms with E-state index in [0.717, 1.165) is 9.13 Å². The van der Waals surface area contributed by atoms with Crippen LogP contribution in [0.15, 0.2) is 12.1 Å². The summed E-state index contributed by atoms with van der Waals surface area (Å²) in [6, 6.07) is 3.68. The van der Waals surface area contributed by atoms with Crippen molar-refractivity contribution in [2.75, 3.05) is 0 Å². The molecule has 1 rings (SSSR count). The first-order chi connectivity index (χ1) is 6.02. The largest absolute Gasteiger partial charge is 0.300 e. The second-order valence-corrected chi connectivity index (χ2v) is 4.63. The molecule has 4 heteroatoms. The van der Waals surface area contributed by atoms with Crippen LogP contribution in [0.2, 0.25) is 10.0 Å². The zero-order chi connectivity index (χ0) is 10.0. The summed E-state index contributed by atoms with van der Waals surface area (Å²) in [5.74, 6) is 0.0826. The highest BCUT2D eigenvalue weighted by Crippen LogP contribution is 2.30. The summed E-state index contributed by atoms with van der Waals surface area (Å²) >= 11 is 14.0. The Morgan fingerprint density at radius 1 is 1.38 bits per heavy atom. The molecule has 0 radical (unpaired) electrons. The molecule has 0 fully saturated rings. The molecule has 0 spiro atoms. The van der Waals surface area contributed by atoms with Crippen molar-refractivity contribution in [1.82, 2.24) is 0 Å². The number of carbonyl (C=O) groups excluding carboxylic acids is 1. The standard InChI is InChI=1S/C9H7Cl2IO/c1-5(13)4-6-2-3-7(12)9(11)8(6)10/h2-3H,4H2,1H3. The predicted octanol–water partition coefficient (Wildman–Crippen LogP) is 3.73. The van der Waals surface area contributed by atoms with Gasteiger partial charge in [-0.1, -0.05) is 29.3 Å². The highest BCUT2D eigenvalue weighted by molar-refractivity contribution is 14.1. The van der Waals surface area contributed by atoms with Gasteiger partial charge in [0.05, 0.1) is 10.0 Å². The average Bonchev–Trinajstić information content (AvgIpc) is 2.06. The number of carbonyl (C=O) groups is 1. The Morgan fingerprint density at radius 3 is 2.54 bits per heavy atom. The van der Waals surface area contributed by atoms with Crippen molar-refractivity contribution in [3.63, 3.8) is 0 Å². The average molecular weight is 329 g/mol. The van der Waals surface area contributed by atoms with E-state index >= 15 is 0 Å². The normalized spacial score (nSPS) is 10.2. The molecule has 0 aromatic heterocycles. The molecule has 0 N–H and O–H groups in total. The van der Waals surface area contributed by atoms with Gasteiger partial charge in [0.15, 0.2) is 0 Å². The summed E-state index contributed by atoms with van der Waals surface area (Å²) in [5.41, 5.74) is 0.791. The van der Waals surface area contributed by atoms with E-state index in [9.17, 15) is 4.79 Å². The molecule has 0 aliphatic heterocycles. The van der Waals surface area contributed by atoms with Gasteiger partial charge in [-0.25, -0.2) is 0 Å². The maximum absolute atomic E-state index is 10.9. The molecule has 1 nitrogen and oxygen atoms in total. The molecule has 0 amide bonds. The number of hydrogen-bond donors (Lipinski definition) is 0. The summed E-state index contributed by atoms with van der Waals surface area (Å²) in [4.78, 5) is 10.9. The van der Waals surface area contributed by atoms with Gasteiger partial charge in [0.1, 0.15) is 5.78 Å². The summed E-state index contributed by atoms with van der Waals surface area (Å²) in [5, 5.41) is 1.02. The van der Waals surface area contributed by atoms with Crippen LogP contribution in [0.3, 0.4) is 0 Å². The van der Waals surface area contributed by atoms with E-state index in [4.69, 9.17) is 23.2 Å². The summed E-state index contributed by atoms with van der Waals surface area (Å²) in [7, 11) is 0. The van der Waals surface area contributed by atoms with Gasteiger partial charge in [0, 0.05) is 9.99 Å². The fourth-order valence-electron chi connectivity index (χ4n) is 0.971. The van der Waals surface area contributed by atoms with E-state index in [2.05, 4.69) is 22.6 Å². The molecule has 0 aliphatic rings. The number of benzene rings is 1. The van der Waals surface area contributed by atoms with E-state index in [1.165, 1.54) is 6.92 Å².